The molecule has 1 aliphatic carbocycles. The number of hydrogen-bond donors (Lipinski definition) is 1. The number of rotatable bonds is 2. The zero-order valence-corrected chi connectivity index (χ0v) is 12.3. The summed E-state index contributed by atoms with van der Waals surface area (Å²) in [5.74, 6) is 0.308. The number of benzene rings is 1. The Hall–Kier alpha value is -1.55. The second-order valence-corrected chi connectivity index (χ2v) is 6.28. The van der Waals surface area contributed by atoms with E-state index in [9.17, 15) is 4.79 Å². The van der Waals surface area contributed by atoms with Gasteiger partial charge in [-0.15, -0.1) is 0 Å². The highest BCUT2D eigenvalue weighted by molar-refractivity contribution is 5.91. The van der Waals surface area contributed by atoms with Gasteiger partial charge in [-0.1, -0.05) is 12.1 Å². The molecule has 1 saturated heterocycles. The van der Waals surface area contributed by atoms with Gasteiger partial charge in [-0.05, 0) is 44.5 Å². The lowest BCUT2D eigenvalue weighted by atomic mass is 9.93. The van der Waals surface area contributed by atoms with Gasteiger partial charge in [0.25, 0.3) is 0 Å². The summed E-state index contributed by atoms with van der Waals surface area (Å²) in [6.07, 6.45) is 1.94. The predicted molar refractivity (Wildman–Crippen MR) is 80.4 cm³/mol. The number of nitrogen functional groups attached to an aromatic ring is 1. The molecule has 20 heavy (non-hydrogen) atoms. The molecule has 2 aliphatic rings. The first-order chi connectivity index (χ1) is 9.53. The van der Waals surface area contributed by atoms with E-state index in [1.165, 1.54) is 0 Å². The molecule has 3 rings (SSSR count). The first kappa shape index (κ1) is 13.4. The third-order valence-corrected chi connectivity index (χ3v) is 4.87. The van der Waals surface area contributed by atoms with Crippen LogP contribution >= 0.6 is 0 Å². The highest BCUT2D eigenvalue weighted by Gasteiger charge is 2.53. The molecular formula is C16H23N3O. The molecule has 2 N–H and O–H groups in total. The molecule has 1 aliphatic heterocycles. The van der Waals surface area contributed by atoms with Crippen molar-refractivity contribution in [3.8, 4) is 0 Å². The second kappa shape index (κ2) is 4.77. The van der Waals surface area contributed by atoms with Crippen LogP contribution < -0.4 is 5.73 Å². The summed E-state index contributed by atoms with van der Waals surface area (Å²) in [6, 6.07) is 8.26. The number of anilines is 1. The zero-order chi connectivity index (χ0) is 14.3. The summed E-state index contributed by atoms with van der Waals surface area (Å²) in [6.45, 7) is 4.83. The van der Waals surface area contributed by atoms with Crippen molar-refractivity contribution < 1.29 is 4.79 Å². The Labute approximate surface area is 120 Å². The molecular weight excluding hydrogens is 250 g/mol. The SMILES string of the molecule is CC1CN(C(=O)C2(c3ccc(N)cc3)CC2)CCN1C. The first-order valence-electron chi connectivity index (χ1n) is 7.38. The second-order valence-electron chi connectivity index (χ2n) is 6.28. The molecule has 1 aromatic rings. The van der Waals surface area contributed by atoms with Crippen molar-refractivity contribution in [2.24, 2.45) is 0 Å². The number of hydrogen-bond acceptors (Lipinski definition) is 3. The van der Waals surface area contributed by atoms with Crippen LogP contribution in [0.2, 0.25) is 0 Å². The number of nitrogens with two attached hydrogens (primary N) is 1. The molecule has 4 nitrogen and oxygen atoms in total. The normalized spacial score (nSPS) is 25.5. The largest absolute Gasteiger partial charge is 0.399 e. The molecule has 0 aromatic heterocycles. The lowest BCUT2D eigenvalue weighted by molar-refractivity contribution is -0.136. The van der Waals surface area contributed by atoms with E-state index in [1.807, 2.05) is 29.2 Å². The van der Waals surface area contributed by atoms with E-state index in [4.69, 9.17) is 5.73 Å². The van der Waals surface area contributed by atoms with E-state index in [-0.39, 0.29) is 5.41 Å². The van der Waals surface area contributed by atoms with Crippen molar-refractivity contribution in [1.82, 2.24) is 9.80 Å². The van der Waals surface area contributed by atoms with Gasteiger partial charge < -0.3 is 15.5 Å². The average molecular weight is 273 g/mol. The molecule has 0 spiro atoms. The zero-order valence-electron chi connectivity index (χ0n) is 12.3. The van der Waals surface area contributed by atoms with Gasteiger partial charge in [0.15, 0.2) is 0 Å². The monoisotopic (exact) mass is 273 g/mol. The van der Waals surface area contributed by atoms with Gasteiger partial charge in [0.05, 0.1) is 5.41 Å². The highest BCUT2D eigenvalue weighted by Crippen LogP contribution is 2.49. The molecule has 1 aromatic carbocycles. The molecule has 1 amide bonds. The number of carbonyl (C=O) groups excluding carboxylic acids is 1. The molecule has 1 saturated carbocycles. The minimum Gasteiger partial charge on any atom is -0.399 e. The summed E-state index contributed by atoms with van der Waals surface area (Å²) >= 11 is 0. The van der Waals surface area contributed by atoms with Crippen LogP contribution in [0.1, 0.15) is 25.3 Å². The van der Waals surface area contributed by atoms with Crippen LogP contribution in [0.3, 0.4) is 0 Å². The maximum absolute atomic E-state index is 12.9. The average Bonchev–Trinajstić information content (AvgIpc) is 3.23. The topological polar surface area (TPSA) is 49.6 Å². The molecule has 1 atom stereocenters. The predicted octanol–water partition coefficient (Wildman–Crippen LogP) is 1.46. The third-order valence-electron chi connectivity index (χ3n) is 4.87. The van der Waals surface area contributed by atoms with Crippen molar-refractivity contribution in [3.63, 3.8) is 0 Å². The van der Waals surface area contributed by atoms with Gasteiger partial charge in [0, 0.05) is 31.4 Å². The quantitative estimate of drug-likeness (QED) is 0.830. The molecule has 0 bridgehead atoms. The fourth-order valence-corrected chi connectivity index (χ4v) is 3.09. The summed E-state index contributed by atoms with van der Waals surface area (Å²) in [5, 5.41) is 0. The van der Waals surface area contributed by atoms with Crippen molar-refractivity contribution in [3.05, 3.63) is 29.8 Å². The van der Waals surface area contributed by atoms with E-state index >= 15 is 0 Å². The Morgan fingerprint density at radius 3 is 2.45 bits per heavy atom. The standard InChI is InChI=1S/C16H23N3O/c1-12-11-19(10-9-18(12)2)15(20)16(7-8-16)13-3-5-14(17)6-4-13/h3-6,12H,7-11,17H2,1-2H3. The van der Waals surface area contributed by atoms with Crippen molar-refractivity contribution in [1.29, 1.82) is 0 Å². The van der Waals surface area contributed by atoms with Crippen LogP contribution in [0, 0.1) is 0 Å². The number of nitrogens with zero attached hydrogens (tertiary/aromatic N) is 2. The van der Waals surface area contributed by atoms with Crippen molar-refractivity contribution >= 4 is 11.6 Å². The molecule has 2 fully saturated rings. The Bertz CT molecular complexity index is 507. The molecule has 0 radical (unpaired) electrons. The van der Waals surface area contributed by atoms with Gasteiger partial charge in [-0.2, -0.15) is 0 Å². The van der Waals surface area contributed by atoms with Gasteiger partial charge in [-0.25, -0.2) is 0 Å². The van der Waals surface area contributed by atoms with Gasteiger partial charge in [0.2, 0.25) is 5.91 Å². The minimum atomic E-state index is -0.261. The highest BCUT2D eigenvalue weighted by atomic mass is 16.2. The third kappa shape index (κ3) is 2.18. The lowest BCUT2D eigenvalue weighted by Crippen LogP contribution is -2.54. The summed E-state index contributed by atoms with van der Waals surface area (Å²) in [5.41, 5.74) is 7.36. The molecule has 1 heterocycles. The van der Waals surface area contributed by atoms with Crippen molar-refractivity contribution in [2.75, 3.05) is 32.4 Å². The number of piperazine rings is 1. The summed E-state index contributed by atoms with van der Waals surface area (Å²) < 4.78 is 0. The Balaban J connectivity index is 1.78. The molecule has 1 unspecified atom stereocenters. The van der Waals surface area contributed by atoms with Gasteiger partial charge in [0.1, 0.15) is 0 Å². The Kier molecular flexibility index (Phi) is 3.21. The number of likely N-dealkylation sites (N-methyl/N-ethyl adjacent to an activating group) is 1. The van der Waals surface area contributed by atoms with Crippen LogP contribution in [0.4, 0.5) is 5.69 Å². The fraction of sp³-hybridized carbons (Fsp3) is 0.562. The first-order valence-corrected chi connectivity index (χ1v) is 7.38. The van der Waals surface area contributed by atoms with E-state index in [0.717, 1.165) is 43.7 Å². The summed E-state index contributed by atoms with van der Waals surface area (Å²) in [7, 11) is 2.12. The van der Waals surface area contributed by atoms with E-state index in [2.05, 4.69) is 18.9 Å². The van der Waals surface area contributed by atoms with Crippen LogP contribution in [-0.2, 0) is 10.2 Å². The smallest absolute Gasteiger partial charge is 0.233 e. The van der Waals surface area contributed by atoms with Crippen LogP contribution in [0.15, 0.2) is 24.3 Å². The maximum atomic E-state index is 12.9. The van der Waals surface area contributed by atoms with Crippen LogP contribution in [0.25, 0.3) is 0 Å². The Morgan fingerprint density at radius 1 is 1.25 bits per heavy atom. The molecule has 4 heteroatoms. The lowest BCUT2D eigenvalue weighted by Gasteiger charge is -2.39. The van der Waals surface area contributed by atoms with Gasteiger partial charge in [-0.3, -0.25) is 4.79 Å². The number of amides is 1. The van der Waals surface area contributed by atoms with Gasteiger partial charge >= 0.3 is 0 Å². The summed E-state index contributed by atoms with van der Waals surface area (Å²) in [4.78, 5) is 17.3. The van der Waals surface area contributed by atoms with Crippen molar-refractivity contribution in [2.45, 2.75) is 31.2 Å². The fourth-order valence-electron chi connectivity index (χ4n) is 3.09. The van der Waals surface area contributed by atoms with E-state index < -0.39 is 0 Å². The van der Waals surface area contributed by atoms with E-state index in [0.29, 0.717) is 11.9 Å². The maximum Gasteiger partial charge on any atom is 0.233 e. The van der Waals surface area contributed by atoms with Crippen LogP contribution in [-0.4, -0.2) is 48.4 Å². The molecule has 108 valence electrons. The Morgan fingerprint density at radius 2 is 1.90 bits per heavy atom. The van der Waals surface area contributed by atoms with E-state index in [1.54, 1.807) is 0 Å². The van der Waals surface area contributed by atoms with Crippen LogP contribution in [0.5, 0.6) is 0 Å². The minimum absolute atomic E-state index is 0.261. The number of carbonyl (C=O) groups is 1.